The van der Waals surface area contributed by atoms with Crippen molar-refractivity contribution >= 4 is 52.1 Å². The third-order valence-corrected chi connectivity index (χ3v) is 4.55. The molecule has 0 aliphatic heterocycles. The molecule has 0 aliphatic carbocycles. The van der Waals surface area contributed by atoms with Crippen molar-refractivity contribution in [3.8, 4) is 0 Å². The van der Waals surface area contributed by atoms with Crippen molar-refractivity contribution in [3.05, 3.63) is 70.0 Å². The molecule has 28 heavy (non-hydrogen) atoms. The SMILES string of the molecule is CCc1ccccc1Nc1ncnc(NNC(=O)c2ccc(Cl)cc2Cl)c1N. The average molecular weight is 417 g/mol. The van der Waals surface area contributed by atoms with Gasteiger partial charge in [-0.25, -0.2) is 9.97 Å². The summed E-state index contributed by atoms with van der Waals surface area (Å²) in [7, 11) is 0. The first-order valence-corrected chi connectivity index (χ1v) is 9.22. The van der Waals surface area contributed by atoms with E-state index in [9.17, 15) is 4.79 Å². The number of hydrazine groups is 1. The Kier molecular flexibility index (Phi) is 6.18. The third kappa shape index (κ3) is 4.44. The van der Waals surface area contributed by atoms with Gasteiger partial charge in [0.2, 0.25) is 0 Å². The summed E-state index contributed by atoms with van der Waals surface area (Å²) in [5, 5.41) is 3.88. The molecule has 1 heterocycles. The Hall–Kier alpha value is -3.03. The van der Waals surface area contributed by atoms with Gasteiger partial charge < -0.3 is 11.1 Å². The number of aryl methyl sites for hydroxylation is 1. The molecule has 1 amide bonds. The second-order valence-electron chi connectivity index (χ2n) is 5.82. The van der Waals surface area contributed by atoms with Gasteiger partial charge >= 0.3 is 0 Å². The van der Waals surface area contributed by atoms with E-state index in [2.05, 4.69) is 33.1 Å². The summed E-state index contributed by atoms with van der Waals surface area (Å²) in [5.74, 6) is 0.229. The molecule has 1 aromatic heterocycles. The Morgan fingerprint density at radius 2 is 1.86 bits per heavy atom. The molecule has 3 aromatic rings. The molecule has 0 bridgehead atoms. The number of hydrogen-bond acceptors (Lipinski definition) is 6. The zero-order valence-electron chi connectivity index (χ0n) is 15.0. The van der Waals surface area contributed by atoms with Crippen molar-refractivity contribution < 1.29 is 4.79 Å². The number of nitrogen functional groups attached to an aromatic ring is 1. The quantitative estimate of drug-likeness (QED) is 0.443. The van der Waals surface area contributed by atoms with Crippen LogP contribution in [0.5, 0.6) is 0 Å². The molecule has 3 rings (SSSR count). The summed E-state index contributed by atoms with van der Waals surface area (Å²) >= 11 is 11.9. The summed E-state index contributed by atoms with van der Waals surface area (Å²) in [6.07, 6.45) is 2.20. The highest BCUT2D eigenvalue weighted by Gasteiger charge is 2.13. The lowest BCUT2D eigenvalue weighted by Gasteiger charge is -2.15. The minimum atomic E-state index is -0.453. The molecule has 2 aromatic carbocycles. The second-order valence-corrected chi connectivity index (χ2v) is 6.67. The van der Waals surface area contributed by atoms with E-state index >= 15 is 0 Å². The van der Waals surface area contributed by atoms with Gasteiger partial charge in [0.1, 0.15) is 12.0 Å². The summed E-state index contributed by atoms with van der Waals surface area (Å²) in [6.45, 7) is 2.06. The molecule has 9 heteroatoms. The number of halogens is 2. The highest BCUT2D eigenvalue weighted by atomic mass is 35.5. The fraction of sp³-hybridized carbons (Fsp3) is 0.105. The number of hydrogen-bond donors (Lipinski definition) is 4. The van der Waals surface area contributed by atoms with E-state index in [0.717, 1.165) is 17.7 Å². The first-order chi connectivity index (χ1) is 13.5. The molecule has 0 unspecified atom stereocenters. The van der Waals surface area contributed by atoms with Crippen LogP contribution in [0.2, 0.25) is 10.0 Å². The van der Waals surface area contributed by atoms with Crippen LogP contribution in [0.25, 0.3) is 0 Å². The van der Waals surface area contributed by atoms with Gasteiger partial charge in [-0.1, -0.05) is 48.3 Å². The van der Waals surface area contributed by atoms with Crippen LogP contribution in [0.4, 0.5) is 23.0 Å². The Balaban J connectivity index is 1.75. The Bertz CT molecular complexity index is 1010. The molecule has 144 valence electrons. The second kappa shape index (κ2) is 8.77. The lowest BCUT2D eigenvalue weighted by molar-refractivity contribution is 0.0962. The van der Waals surface area contributed by atoms with Crippen molar-refractivity contribution in [1.29, 1.82) is 0 Å². The molecule has 7 nitrogen and oxygen atoms in total. The summed E-state index contributed by atoms with van der Waals surface area (Å²) in [4.78, 5) is 20.6. The largest absolute Gasteiger partial charge is 0.393 e. The van der Waals surface area contributed by atoms with Gasteiger partial charge in [0.05, 0.1) is 10.6 Å². The van der Waals surface area contributed by atoms with Gasteiger partial charge in [-0.05, 0) is 36.2 Å². The Morgan fingerprint density at radius 1 is 1.11 bits per heavy atom. The van der Waals surface area contributed by atoms with Crippen LogP contribution in [0.15, 0.2) is 48.8 Å². The zero-order chi connectivity index (χ0) is 20.1. The van der Waals surface area contributed by atoms with Gasteiger partial charge in [0.25, 0.3) is 5.91 Å². The molecule has 0 saturated carbocycles. The average Bonchev–Trinajstić information content (AvgIpc) is 2.69. The Morgan fingerprint density at radius 3 is 2.61 bits per heavy atom. The monoisotopic (exact) mass is 416 g/mol. The van der Waals surface area contributed by atoms with Crippen LogP contribution in [0, 0.1) is 0 Å². The van der Waals surface area contributed by atoms with E-state index in [4.69, 9.17) is 28.9 Å². The standard InChI is InChI=1S/C19H18Cl2N6O/c1-2-11-5-3-4-6-15(11)25-17-16(22)18(24-10-23-17)26-27-19(28)13-8-7-12(20)9-14(13)21/h3-10H,2,22H2,1H3,(H,27,28)(H2,23,24,25,26). The van der Waals surface area contributed by atoms with Crippen LogP contribution >= 0.6 is 23.2 Å². The van der Waals surface area contributed by atoms with Crippen LogP contribution in [-0.2, 0) is 6.42 Å². The predicted molar refractivity (Wildman–Crippen MR) is 113 cm³/mol. The number of nitrogens with zero attached hydrogens (tertiary/aromatic N) is 2. The molecule has 0 spiro atoms. The summed E-state index contributed by atoms with van der Waals surface area (Å²) in [6, 6.07) is 12.5. The summed E-state index contributed by atoms with van der Waals surface area (Å²) in [5.41, 5.74) is 13.9. The minimum Gasteiger partial charge on any atom is -0.393 e. The van der Waals surface area contributed by atoms with Gasteiger partial charge in [-0.2, -0.15) is 0 Å². The number of nitrogens with one attached hydrogen (secondary N) is 3. The van der Waals surface area contributed by atoms with Crippen molar-refractivity contribution in [2.75, 3.05) is 16.5 Å². The molecule has 0 atom stereocenters. The third-order valence-electron chi connectivity index (χ3n) is 4.01. The first-order valence-electron chi connectivity index (χ1n) is 8.46. The van der Waals surface area contributed by atoms with Crippen LogP contribution in [-0.4, -0.2) is 15.9 Å². The maximum absolute atomic E-state index is 12.3. The van der Waals surface area contributed by atoms with Gasteiger partial charge in [0, 0.05) is 10.7 Å². The highest BCUT2D eigenvalue weighted by Crippen LogP contribution is 2.27. The maximum Gasteiger partial charge on any atom is 0.271 e. The molecular weight excluding hydrogens is 399 g/mol. The fourth-order valence-electron chi connectivity index (χ4n) is 2.53. The molecular formula is C19H18Cl2N6O. The number of amides is 1. The van der Waals surface area contributed by atoms with Gasteiger partial charge in [0.15, 0.2) is 11.6 Å². The highest BCUT2D eigenvalue weighted by molar-refractivity contribution is 6.36. The summed E-state index contributed by atoms with van der Waals surface area (Å²) < 4.78 is 0. The van der Waals surface area contributed by atoms with Crippen molar-refractivity contribution in [1.82, 2.24) is 15.4 Å². The fourth-order valence-corrected chi connectivity index (χ4v) is 3.02. The van der Waals surface area contributed by atoms with Crippen LogP contribution in [0.3, 0.4) is 0 Å². The number of para-hydroxylation sites is 1. The topological polar surface area (TPSA) is 105 Å². The van der Waals surface area contributed by atoms with E-state index in [-0.39, 0.29) is 22.1 Å². The number of anilines is 4. The van der Waals surface area contributed by atoms with E-state index < -0.39 is 5.91 Å². The number of benzene rings is 2. The van der Waals surface area contributed by atoms with E-state index in [1.165, 1.54) is 18.5 Å². The number of nitrogens with two attached hydrogens (primary N) is 1. The smallest absolute Gasteiger partial charge is 0.271 e. The lowest BCUT2D eigenvalue weighted by atomic mass is 10.1. The lowest BCUT2D eigenvalue weighted by Crippen LogP contribution is -2.30. The minimum absolute atomic E-state index is 0.237. The van der Waals surface area contributed by atoms with Crippen LogP contribution in [0.1, 0.15) is 22.8 Å². The van der Waals surface area contributed by atoms with Crippen molar-refractivity contribution in [2.45, 2.75) is 13.3 Å². The Labute approximate surface area is 172 Å². The van der Waals surface area contributed by atoms with Crippen molar-refractivity contribution in [3.63, 3.8) is 0 Å². The molecule has 0 radical (unpaired) electrons. The van der Waals surface area contributed by atoms with E-state index in [1.54, 1.807) is 6.07 Å². The van der Waals surface area contributed by atoms with E-state index in [1.807, 2.05) is 24.3 Å². The molecule has 0 aliphatic rings. The first kappa shape index (κ1) is 19.7. The van der Waals surface area contributed by atoms with Gasteiger partial charge in [-0.15, -0.1) is 0 Å². The number of carbonyl (C=O) groups excluding carboxylic acids is 1. The molecule has 0 fully saturated rings. The molecule has 0 saturated heterocycles. The number of rotatable bonds is 6. The number of carbonyl (C=O) groups is 1. The van der Waals surface area contributed by atoms with Crippen LogP contribution < -0.4 is 21.9 Å². The zero-order valence-corrected chi connectivity index (χ0v) is 16.5. The maximum atomic E-state index is 12.3. The normalized spacial score (nSPS) is 10.4. The van der Waals surface area contributed by atoms with E-state index in [0.29, 0.717) is 10.8 Å². The molecule has 5 N–H and O–H groups in total. The van der Waals surface area contributed by atoms with Crippen molar-refractivity contribution in [2.24, 2.45) is 0 Å². The van der Waals surface area contributed by atoms with Gasteiger partial charge in [-0.3, -0.25) is 15.6 Å². The predicted octanol–water partition coefficient (Wildman–Crippen LogP) is 4.43. The number of aromatic nitrogens is 2.